The average molecular weight is 248 g/mol. The number of methoxy groups -OCH3 is 1. The Bertz CT molecular complexity index is 568. The van der Waals surface area contributed by atoms with Crippen LogP contribution in [0.15, 0.2) is 18.7 Å². The van der Waals surface area contributed by atoms with Gasteiger partial charge in [-0.3, -0.25) is 9.48 Å². The first kappa shape index (κ1) is 12.3. The van der Waals surface area contributed by atoms with Crippen LogP contribution in [0.5, 0.6) is 5.75 Å². The molecule has 0 atom stereocenters. The van der Waals surface area contributed by atoms with E-state index < -0.39 is 0 Å². The maximum atomic E-state index is 12.5. The van der Waals surface area contributed by atoms with Gasteiger partial charge < -0.3 is 9.30 Å². The summed E-state index contributed by atoms with van der Waals surface area (Å²) in [5.74, 6) is 0.341. The minimum Gasteiger partial charge on any atom is -0.493 e. The molecule has 0 aromatic carbocycles. The molecule has 0 saturated carbocycles. The molecule has 0 unspecified atom stereocenters. The van der Waals surface area contributed by atoms with Gasteiger partial charge in [-0.05, 0) is 13.8 Å². The molecule has 0 spiro atoms. The van der Waals surface area contributed by atoms with Crippen LogP contribution in [0.2, 0.25) is 0 Å². The summed E-state index contributed by atoms with van der Waals surface area (Å²) in [6.07, 6.45) is 4.69. The summed E-state index contributed by atoms with van der Waals surface area (Å²) < 4.78 is 8.54. The molecule has 6 nitrogen and oxygen atoms in total. The van der Waals surface area contributed by atoms with E-state index in [1.165, 1.54) is 7.11 Å². The number of hydrogen-bond donors (Lipinski definition) is 0. The molecule has 0 amide bonds. The van der Waals surface area contributed by atoms with Crippen LogP contribution in [-0.4, -0.2) is 32.2 Å². The maximum Gasteiger partial charge on any atom is 0.232 e. The standard InChI is InChI=1S/C12H16N4O2/c1-8(2)16-11(10(18-4)6-14-16)12(17)9-5-13-7-15(9)3/h5-8H,1-4H3. The average Bonchev–Trinajstić information content (AvgIpc) is 2.93. The first-order valence-corrected chi connectivity index (χ1v) is 5.68. The van der Waals surface area contributed by atoms with Crippen LogP contribution < -0.4 is 4.74 Å². The zero-order valence-electron chi connectivity index (χ0n) is 10.9. The molecule has 96 valence electrons. The quantitative estimate of drug-likeness (QED) is 0.768. The Morgan fingerprint density at radius 1 is 1.39 bits per heavy atom. The van der Waals surface area contributed by atoms with Gasteiger partial charge in [-0.2, -0.15) is 5.10 Å². The van der Waals surface area contributed by atoms with Crippen molar-refractivity contribution >= 4 is 5.78 Å². The number of nitrogens with zero attached hydrogens (tertiary/aromatic N) is 4. The molecule has 6 heteroatoms. The van der Waals surface area contributed by atoms with E-state index >= 15 is 0 Å². The molecular weight excluding hydrogens is 232 g/mol. The van der Waals surface area contributed by atoms with Crippen LogP contribution in [0.4, 0.5) is 0 Å². The largest absolute Gasteiger partial charge is 0.493 e. The molecule has 18 heavy (non-hydrogen) atoms. The first-order valence-electron chi connectivity index (χ1n) is 5.68. The number of aryl methyl sites for hydroxylation is 1. The second kappa shape index (κ2) is 4.64. The fourth-order valence-electron chi connectivity index (χ4n) is 1.80. The summed E-state index contributed by atoms with van der Waals surface area (Å²) in [4.78, 5) is 16.4. The summed E-state index contributed by atoms with van der Waals surface area (Å²) in [6, 6.07) is 0.0843. The summed E-state index contributed by atoms with van der Waals surface area (Å²) in [6.45, 7) is 3.93. The van der Waals surface area contributed by atoms with E-state index in [0.717, 1.165) is 0 Å². The van der Waals surface area contributed by atoms with Crippen LogP contribution >= 0.6 is 0 Å². The number of rotatable bonds is 4. The van der Waals surface area contributed by atoms with Gasteiger partial charge in [0.25, 0.3) is 0 Å². The maximum absolute atomic E-state index is 12.5. The molecular formula is C12H16N4O2. The second-order valence-corrected chi connectivity index (χ2v) is 4.32. The van der Waals surface area contributed by atoms with Gasteiger partial charge in [0.05, 0.1) is 25.8 Å². The highest BCUT2D eigenvalue weighted by molar-refractivity contribution is 6.08. The van der Waals surface area contributed by atoms with Gasteiger partial charge in [-0.25, -0.2) is 4.98 Å². The number of hydrogen-bond acceptors (Lipinski definition) is 4. The zero-order chi connectivity index (χ0) is 13.3. The van der Waals surface area contributed by atoms with Gasteiger partial charge in [0.2, 0.25) is 5.78 Å². The summed E-state index contributed by atoms with van der Waals surface area (Å²) >= 11 is 0. The minimum absolute atomic E-state index is 0.0843. The summed E-state index contributed by atoms with van der Waals surface area (Å²) in [7, 11) is 3.31. The lowest BCUT2D eigenvalue weighted by atomic mass is 10.2. The van der Waals surface area contributed by atoms with Gasteiger partial charge in [0, 0.05) is 13.1 Å². The van der Waals surface area contributed by atoms with E-state index in [4.69, 9.17) is 4.74 Å². The van der Waals surface area contributed by atoms with Crippen LogP contribution in [0.3, 0.4) is 0 Å². The summed E-state index contributed by atoms with van der Waals surface area (Å²) in [5.41, 5.74) is 0.965. The van der Waals surface area contributed by atoms with Crippen molar-refractivity contribution in [1.82, 2.24) is 19.3 Å². The molecule has 2 heterocycles. The SMILES string of the molecule is COc1cnn(C(C)C)c1C(=O)c1cncn1C. The third kappa shape index (κ3) is 1.90. The molecule has 0 aliphatic heterocycles. The molecule has 2 rings (SSSR count). The number of carbonyl (C=O) groups is 1. The van der Waals surface area contributed by atoms with Crippen LogP contribution in [-0.2, 0) is 7.05 Å². The van der Waals surface area contributed by atoms with Crippen LogP contribution in [0.25, 0.3) is 0 Å². The lowest BCUT2D eigenvalue weighted by molar-refractivity contribution is 0.101. The highest BCUT2D eigenvalue weighted by Gasteiger charge is 2.24. The van der Waals surface area contributed by atoms with Crippen molar-refractivity contribution in [2.75, 3.05) is 7.11 Å². The molecule has 0 radical (unpaired) electrons. The number of ketones is 1. The van der Waals surface area contributed by atoms with E-state index in [1.807, 2.05) is 13.8 Å². The molecule has 2 aromatic rings. The van der Waals surface area contributed by atoms with E-state index in [1.54, 1.807) is 35.0 Å². The first-order chi connectivity index (χ1) is 8.56. The van der Waals surface area contributed by atoms with Crippen molar-refractivity contribution in [3.8, 4) is 5.75 Å². The Kier molecular flexibility index (Phi) is 3.18. The lowest BCUT2D eigenvalue weighted by Crippen LogP contribution is -2.16. The fraction of sp³-hybridized carbons (Fsp3) is 0.417. The topological polar surface area (TPSA) is 61.9 Å². The number of aromatic nitrogens is 4. The second-order valence-electron chi connectivity index (χ2n) is 4.32. The van der Waals surface area contributed by atoms with Gasteiger partial charge >= 0.3 is 0 Å². The monoisotopic (exact) mass is 248 g/mol. The van der Waals surface area contributed by atoms with Crippen molar-refractivity contribution in [3.63, 3.8) is 0 Å². The van der Waals surface area contributed by atoms with Crippen LogP contribution in [0.1, 0.15) is 36.1 Å². The van der Waals surface area contributed by atoms with E-state index in [9.17, 15) is 4.79 Å². The fourth-order valence-corrected chi connectivity index (χ4v) is 1.80. The van der Waals surface area contributed by atoms with E-state index in [2.05, 4.69) is 10.1 Å². The Morgan fingerprint density at radius 2 is 2.11 bits per heavy atom. The number of imidazole rings is 1. The third-order valence-electron chi connectivity index (χ3n) is 2.74. The number of carbonyl (C=O) groups excluding carboxylic acids is 1. The van der Waals surface area contributed by atoms with Crippen molar-refractivity contribution in [1.29, 1.82) is 0 Å². The van der Waals surface area contributed by atoms with Crippen molar-refractivity contribution in [3.05, 3.63) is 30.1 Å². The highest BCUT2D eigenvalue weighted by Crippen LogP contribution is 2.23. The number of ether oxygens (including phenoxy) is 1. The Morgan fingerprint density at radius 3 is 2.61 bits per heavy atom. The molecule has 0 aliphatic rings. The molecule has 0 saturated heterocycles. The lowest BCUT2D eigenvalue weighted by Gasteiger charge is -2.11. The van der Waals surface area contributed by atoms with Gasteiger partial charge in [0.15, 0.2) is 11.4 Å². The van der Waals surface area contributed by atoms with Crippen LogP contribution in [0, 0.1) is 0 Å². The van der Waals surface area contributed by atoms with Crippen molar-refractivity contribution < 1.29 is 9.53 Å². The molecule has 0 bridgehead atoms. The molecule has 0 N–H and O–H groups in total. The highest BCUT2D eigenvalue weighted by atomic mass is 16.5. The molecule has 0 aliphatic carbocycles. The van der Waals surface area contributed by atoms with Crippen molar-refractivity contribution in [2.45, 2.75) is 19.9 Å². The molecule has 2 aromatic heterocycles. The predicted octanol–water partition coefficient (Wildman–Crippen LogP) is 1.44. The molecule has 0 fully saturated rings. The van der Waals surface area contributed by atoms with E-state index in [-0.39, 0.29) is 11.8 Å². The van der Waals surface area contributed by atoms with Gasteiger partial charge in [0.1, 0.15) is 5.69 Å². The normalized spacial score (nSPS) is 10.9. The zero-order valence-corrected chi connectivity index (χ0v) is 10.9. The smallest absolute Gasteiger partial charge is 0.232 e. The Labute approximate surface area is 105 Å². The minimum atomic E-state index is -0.141. The summed E-state index contributed by atoms with van der Waals surface area (Å²) in [5, 5.41) is 4.19. The van der Waals surface area contributed by atoms with Crippen molar-refractivity contribution in [2.24, 2.45) is 7.05 Å². The predicted molar refractivity (Wildman–Crippen MR) is 65.8 cm³/mol. The third-order valence-corrected chi connectivity index (χ3v) is 2.74. The van der Waals surface area contributed by atoms with E-state index in [0.29, 0.717) is 17.1 Å². The van der Waals surface area contributed by atoms with Gasteiger partial charge in [-0.15, -0.1) is 0 Å². The van der Waals surface area contributed by atoms with Gasteiger partial charge in [-0.1, -0.05) is 0 Å². The Balaban J connectivity index is 2.53. The Hall–Kier alpha value is -2.11.